The summed E-state index contributed by atoms with van der Waals surface area (Å²) in [5.74, 6) is 1.44. The van der Waals surface area contributed by atoms with Gasteiger partial charge in [0.15, 0.2) is 0 Å². The fraction of sp³-hybridized carbons (Fsp3) is 0.538. The van der Waals surface area contributed by atoms with E-state index in [0.717, 1.165) is 13.2 Å². The summed E-state index contributed by atoms with van der Waals surface area (Å²) in [6, 6.07) is 15.6. The Kier molecular flexibility index (Phi) is 8.27. The highest BCUT2D eigenvalue weighted by molar-refractivity contribution is 5.48. The first-order chi connectivity index (χ1) is 13.2. The molecule has 2 aromatic rings. The van der Waals surface area contributed by atoms with E-state index in [1.807, 2.05) is 0 Å². The van der Waals surface area contributed by atoms with E-state index < -0.39 is 0 Å². The van der Waals surface area contributed by atoms with Crippen molar-refractivity contribution in [1.29, 1.82) is 0 Å². The first-order valence-electron chi connectivity index (χ1n) is 10.9. The lowest BCUT2D eigenvalue weighted by Crippen LogP contribution is -3.06. The van der Waals surface area contributed by atoms with E-state index in [2.05, 4.69) is 98.1 Å². The van der Waals surface area contributed by atoms with Crippen molar-refractivity contribution in [3.05, 3.63) is 70.3 Å². The predicted molar refractivity (Wildman–Crippen MR) is 121 cm³/mol. The number of nitrogens with one attached hydrogen (secondary N) is 1. The minimum Gasteiger partial charge on any atom is -0.363 e. The van der Waals surface area contributed by atoms with Crippen molar-refractivity contribution in [2.24, 2.45) is 0 Å². The Morgan fingerprint density at radius 3 is 1.71 bits per heavy atom. The zero-order valence-electron chi connectivity index (χ0n) is 19.2. The van der Waals surface area contributed by atoms with Gasteiger partial charge in [0.25, 0.3) is 0 Å². The summed E-state index contributed by atoms with van der Waals surface area (Å²) in [4.78, 5) is 1.41. The molecule has 2 aromatic carbocycles. The van der Waals surface area contributed by atoms with Crippen LogP contribution in [0.1, 0.15) is 93.2 Å². The van der Waals surface area contributed by atoms with Gasteiger partial charge < -0.3 is 9.64 Å². The molecule has 0 aliphatic carbocycles. The lowest BCUT2D eigenvalue weighted by atomic mass is 9.81. The molecule has 0 aliphatic heterocycles. The Morgan fingerprint density at radius 1 is 0.750 bits per heavy atom. The lowest BCUT2D eigenvalue weighted by Gasteiger charge is -2.29. The van der Waals surface area contributed by atoms with Gasteiger partial charge in [-0.05, 0) is 45.6 Å². The molecule has 0 unspecified atom stereocenters. The Balaban J connectivity index is 2.65. The normalized spacial score (nSPS) is 13.1. The van der Waals surface area contributed by atoms with E-state index in [0.29, 0.717) is 17.8 Å². The number of hydrogen-bond acceptors (Lipinski definition) is 1. The van der Waals surface area contributed by atoms with Crippen LogP contribution in [0, 0.1) is 0 Å². The molecule has 0 radical (unpaired) electrons. The maximum Gasteiger partial charge on any atom is 0.108 e. The molecule has 2 nitrogen and oxygen atoms in total. The van der Waals surface area contributed by atoms with Crippen molar-refractivity contribution in [2.75, 3.05) is 27.2 Å². The van der Waals surface area contributed by atoms with Gasteiger partial charge in [-0.1, -0.05) is 84.0 Å². The third kappa shape index (κ3) is 5.68. The molecule has 0 aromatic heterocycles. The standard InChI is InChI=1S/C26H39NO/c1-18(2)22-16-23(19(3)4)25(24(17-22)20(5)6)26(28-15-14-27(7)8)21-12-10-9-11-13-21/h9-13,16-20,26H,14-15H2,1-8H3/p+1/t26-/m1/s1. The molecule has 0 bridgehead atoms. The quantitative estimate of drug-likeness (QED) is 0.621. The highest BCUT2D eigenvalue weighted by Gasteiger charge is 2.25. The second-order valence-electron chi connectivity index (χ2n) is 9.20. The Hall–Kier alpha value is -1.64. The number of rotatable bonds is 9. The SMILES string of the molecule is CC(C)c1cc(C(C)C)c([C@H](OCC[NH+](C)C)c2ccccc2)c(C(C)C)c1. The summed E-state index contributed by atoms with van der Waals surface area (Å²) >= 11 is 0. The highest BCUT2D eigenvalue weighted by atomic mass is 16.5. The maximum atomic E-state index is 6.59. The second-order valence-corrected chi connectivity index (χ2v) is 9.20. The minimum absolute atomic E-state index is 0.0171. The minimum atomic E-state index is -0.0171. The molecule has 0 saturated heterocycles. The van der Waals surface area contributed by atoms with Crippen LogP contribution in [-0.4, -0.2) is 27.2 Å². The molecule has 28 heavy (non-hydrogen) atoms. The first kappa shape index (κ1) is 22.6. The number of quaternary nitrogens is 1. The van der Waals surface area contributed by atoms with Crippen molar-refractivity contribution in [3.63, 3.8) is 0 Å². The second kappa shape index (κ2) is 10.2. The van der Waals surface area contributed by atoms with Gasteiger partial charge in [0, 0.05) is 0 Å². The van der Waals surface area contributed by atoms with Crippen LogP contribution in [0.25, 0.3) is 0 Å². The average Bonchev–Trinajstić information content (AvgIpc) is 2.64. The molecule has 0 amide bonds. The fourth-order valence-electron chi connectivity index (χ4n) is 3.67. The van der Waals surface area contributed by atoms with E-state index in [9.17, 15) is 0 Å². The van der Waals surface area contributed by atoms with Crippen LogP contribution in [0.3, 0.4) is 0 Å². The Morgan fingerprint density at radius 2 is 1.29 bits per heavy atom. The van der Waals surface area contributed by atoms with E-state index in [4.69, 9.17) is 4.74 Å². The zero-order valence-corrected chi connectivity index (χ0v) is 19.2. The van der Waals surface area contributed by atoms with E-state index in [1.165, 1.54) is 32.7 Å². The number of benzene rings is 2. The molecular formula is C26H40NO+. The van der Waals surface area contributed by atoms with Gasteiger partial charge in [0.2, 0.25) is 0 Å². The Labute approximate surface area is 172 Å². The Bertz CT molecular complexity index is 702. The summed E-state index contributed by atoms with van der Waals surface area (Å²) < 4.78 is 6.59. The number of hydrogen-bond donors (Lipinski definition) is 1. The first-order valence-corrected chi connectivity index (χ1v) is 10.9. The van der Waals surface area contributed by atoms with E-state index >= 15 is 0 Å². The topological polar surface area (TPSA) is 13.7 Å². The summed E-state index contributed by atoms with van der Waals surface area (Å²) in [6.45, 7) is 15.5. The molecule has 154 valence electrons. The molecule has 2 heteroatoms. The molecule has 0 aliphatic rings. The number of likely N-dealkylation sites (N-methyl/N-ethyl adjacent to an activating group) is 1. The summed E-state index contributed by atoms with van der Waals surface area (Å²) in [7, 11) is 4.36. The molecule has 0 saturated carbocycles. The van der Waals surface area contributed by atoms with Crippen molar-refractivity contribution >= 4 is 0 Å². The van der Waals surface area contributed by atoms with Gasteiger partial charge in [-0.3, -0.25) is 0 Å². The van der Waals surface area contributed by atoms with Gasteiger partial charge in [0.05, 0.1) is 20.7 Å². The number of ether oxygens (including phenoxy) is 1. The van der Waals surface area contributed by atoms with Crippen LogP contribution in [0.4, 0.5) is 0 Å². The van der Waals surface area contributed by atoms with Gasteiger partial charge >= 0.3 is 0 Å². The smallest absolute Gasteiger partial charge is 0.108 e. The van der Waals surface area contributed by atoms with Crippen molar-refractivity contribution in [1.82, 2.24) is 0 Å². The van der Waals surface area contributed by atoms with Crippen molar-refractivity contribution in [2.45, 2.75) is 65.4 Å². The van der Waals surface area contributed by atoms with Crippen LogP contribution >= 0.6 is 0 Å². The van der Waals surface area contributed by atoms with E-state index in [-0.39, 0.29) is 6.10 Å². The molecule has 2 rings (SSSR count). The monoisotopic (exact) mass is 382 g/mol. The van der Waals surface area contributed by atoms with Gasteiger partial charge in [-0.15, -0.1) is 0 Å². The molecule has 1 N–H and O–H groups in total. The molecule has 0 spiro atoms. The third-order valence-corrected chi connectivity index (χ3v) is 5.43. The van der Waals surface area contributed by atoms with E-state index in [1.54, 1.807) is 0 Å². The molecule has 0 fully saturated rings. The van der Waals surface area contributed by atoms with Gasteiger partial charge in [0.1, 0.15) is 12.6 Å². The van der Waals surface area contributed by atoms with Crippen LogP contribution < -0.4 is 4.90 Å². The summed E-state index contributed by atoms with van der Waals surface area (Å²) in [5, 5.41) is 0. The molecule has 1 atom stereocenters. The summed E-state index contributed by atoms with van der Waals surface area (Å²) in [5.41, 5.74) is 6.93. The van der Waals surface area contributed by atoms with Crippen LogP contribution in [0.15, 0.2) is 42.5 Å². The average molecular weight is 383 g/mol. The van der Waals surface area contributed by atoms with Crippen LogP contribution in [-0.2, 0) is 4.74 Å². The predicted octanol–water partition coefficient (Wildman–Crippen LogP) is 5.31. The largest absolute Gasteiger partial charge is 0.363 e. The van der Waals surface area contributed by atoms with Crippen molar-refractivity contribution in [3.8, 4) is 0 Å². The van der Waals surface area contributed by atoms with Crippen LogP contribution in [0.5, 0.6) is 0 Å². The molecular weight excluding hydrogens is 342 g/mol. The maximum absolute atomic E-state index is 6.59. The van der Waals surface area contributed by atoms with Crippen molar-refractivity contribution < 1.29 is 9.64 Å². The summed E-state index contributed by atoms with van der Waals surface area (Å²) in [6.07, 6.45) is -0.0171. The van der Waals surface area contributed by atoms with Crippen LogP contribution in [0.2, 0.25) is 0 Å². The third-order valence-electron chi connectivity index (χ3n) is 5.43. The fourth-order valence-corrected chi connectivity index (χ4v) is 3.67. The molecule has 0 heterocycles. The lowest BCUT2D eigenvalue weighted by molar-refractivity contribution is -0.858. The zero-order chi connectivity index (χ0) is 20.8. The van der Waals surface area contributed by atoms with Gasteiger partial charge in [-0.2, -0.15) is 0 Å². The highest BCUT2D eigenvalue weighted by Crippen LogP contribution is 2.39. The van der Waals surface area contributed by atoms with Gasteiger partial charge in [-0.25, -0.2) is 0 Å².